The monoisotopic (exact) mass is 354 g/mol. The van der Waals surface area contributed by atoms with Crippen LogP contribution in [0.15, 0.2) is 18.2 Å². The Labute approximate surface area is 135 Å². The zero-order valence-corrected chi connectivity index (χ0v) is 14.4. The molecule has 0 aromatic heterocycles. The van der Waals surface area contributed by atoms with Gasteiger partial charge in [0.05, 0.1) is 0 Å². The van der Waals surface area contributed by atoms with Crippen LogP contribution in [0.3, 0.4) is 0 Å². The fourth-order valence-corrected chi connectivity index (χ4v) is 4.57. The van der Waals surface area contributed by atoms with Gasteiger partial charge in [-0.15, -0.1) is 0 Å². The zero-order valence-electron chi connectivity index (χ0n) is 12.8. The number of alkyl halides is 1. The lowest BCUT2D eigenvalue weighted by molar-refractivity contribution is 0.148. The van der Waals surface area contributed by atoms with E-state index in [9.17, 15) is 4.39 Å². The van der Waals surface area contributed by atoms with Gasteiger partial charge in [-0.3, -0.25) is 0 Å². The molecule has 0 N–H and O–H groups in total. The molecule has 1 aliphatic heterocycles. The SMILES string of the molecule is CC(C)C1CCC(Br)C(CC2Cc3cc(F)ccc3O2)C1. The van der Waals surface area contributed by atoms with Crippen LogP contribution in [0.2, 0.25) is 0 Å². The highest BCUT2D eigenvalue weighted by atomic mass is 79.9. The molecule has 1 fully saturated rings. The Balaban J connectivity index is 1.62. The number of hydrogen-bond donors (Lipinski definition) is 0. The fraction of sp³-hybridized carbons (Fsp3) is 0.667. The van der Waals surface area contributed by atoms with Crippen LogP contribution in [0.25, 0.3) is 0 Å². The van der Waals surface area contributed by atoms with E-state index >= 15 is 0 Å². The van der Waals surface area contributed by atoms with E-state index in [-0.39, 0.29) is 11.9 Å². The highest BCUT2D eigenvalue weighted by Crippen LogP contribution is 2.41. The van der Waals surface area contributed by atoms with Gasteiger partial charge < -0.3 is 4.74 Å². The molecule has 4 atom stereocenters. The lowest BCUT2D eigenvalue weighted by atomic mass is 9.74. The van der Waals surface area contributed by atoms with Crippen molar-refractivity contribution in [3.63, 3.8) is 0 Å². The minimum Gasteiger partial charge on any atom is -0.490 e. The van der Waals surface area contributed by atoms with Crippen LogP contribution in [-0.2, 0) is 6.42 Å². The number of fused-ring (bicyclic) bond motifs is 1. The molecular weight excluding hydrogens is 331 g/mol. The Hall–Kier alpha value is -0.570. The van der Waals surface area contributed by atoms with E-state index < -0.39 is 0 Å². The van der Waals surface area contributed by atoms with Gasteiger partial charge in [0.15, 0.2) is 0 Å². The summed E-state index contributed by atoms with van der Waals surface area (Å²) < 4.78 is 19.3. The number of hydrogen-bond acceptors (Lipinski definition) is 1. The number of ether oxygens (including phenoxy) is 1. The summed E-state index contributed by atoms with van der Waals surface area (Å²) in [7, 11) is 0. The Morgan fingerprint density at radius 3 is 2.90 bits per heavy atom. The molecule has 1 heterocycles. The molecule has 2 aliphatic rings. The fourth-order valence-electron chi connectivity index (χ4n) is 3.87. The Morgan fingerprint density at radius 2 is 2.14 bits per heavy atom. The molecule has 0 radical (unpaired) electrons. The third-order valence-electron chi connectivity index (χ3n) is 5.20. The van der Waals surface area contributed by atoms with E-state index in [0.717, 1.165) is 36.0 Å². The molecule has 1 aromatic rings. The molecule has 1 aromatic carbocycles. The second kappa shape index (κ2) is 6.28. The zero-order chi connectivity index (χ0) is 15.0. The molecule has 3 rings (SSSR count). The predicted molar refractivity (Wildman–Crippen MR) is 87.5 cm³/mol. The Morgan fingerprint density at radius 1 is 1.33 bits per heavy atom. The molecule has 0 spiro atoms. The molecule has 0 bridgehead atoms. The summed E-state index contributed by atoms with van der Waals surface area (Å²) >= 11 is 3.87. The lowest BCUT2D eigenvalue weighted by Gasteiger charge is -2.36. The van der Waals surface area contributed by atoms with Gasteiger partial charge in [-0.05, 0) is 61.6 Å². The largest absolute Gasteiger partial charge is 0.490 e. The summed E-state index contributed by atoms with van der Waals surface area (Å²) in [6.45, 7) is 4.67. The van der Waals surface area contributed by atoms with Gasteiger partial charge in [0.1, 0.15) is 17.7 Å². The molecule has 0 saturated heterocycles. The summed E-state index contributed by atoms with van der Waals surface area (Å²) in [5, 5.41) is 0. The smallest absolute Gasteiger partial charge is 0.123 e. The van der Waals surface area contributed by atoms with E-state index in [4.69, 9.17) is 4.74 Å². The Kier molecular flexibility index (Phi) is 4.58. The quantitative estimate of drug-likeness (QED) is 0.664. The number of rotatable bonds is 3. The Bertz CT molecular complexity index is 502. The standard InChI is InChI=1S/C18H24BrFO/c1-11(2)12-3-5-17(19)13(7-12)9-16-10-14-8-15(20)4-6-18(14)21-16/h4,6,8,11-13,16-17H,3,5,7,9-10H2,1-2H3. The van der Waals surface area contributed by atoms with E-state index in [0.29, 0.717) is 10.7 Å². The van der Waals surface area contributed by atoms with E-state index in [1.165, 1.54) is 25.3 Å². The molecular formula is C18H24BrFO. The maximum atomic E-state index is 13.3. The topological polar surface area (TPSA) is 9.23 Å². The lowest BCUT2D eigenvalue weighted by Crippen LogP contribution is -2.31. The van der Waals surface area contributed by atoms with Crippen molar-refractivity contribution in [3.05, 3.63) is 29.6 Å². The average Bonchev–Trinajstić information content (AvgIpc) is 2.82. The predicted octanol–water partition coefficient (Wildman–Crippen LogP) is 5.36. The third-order valence-corrected chi connectivity index (χ3v) is 6.41. The van der Waals surface area contributed by atoms with Crippen molar-refractivity contribution in [1.29, 1.82) is 0 Å². The second-order valence-corrected chi connectivity index (χ2v) is 8.20. The highest BCUT2D eigenvalue weighted by molar-refractivity contribution is 9.09. The maximum Gasteiger partial charge on any atom is 0.123 e. The summed E-state index contributed by atoms with van der Waals surface area (Å²) in [6, 6.07) is 4.89. The summed E-state index contributed by atoms with van der Waals surface area (Å²) in [6.07, 6.45) is 6.05. The van der Waals surface area contributed by atoms with Crippen LogP contribution in [-0.4, -0.2) is 10.9 Å². The third kappa shape index (κ3) is 3.44. The second-order valence-electron chi connectivity index (χ2n) is 7.02. The highest BCUT2D eigenvalue weighted by Gasteiger charge is 2.34. The van der Waals surface area contributed by atoms with Gasteiger partial charge in [-0.25, -0.2) is 4.39 Å². The van der Waals surface area contributed by atoms with Crippen molar-refractivity contribution in [2.45, 2.75) is 56.9 Å². The van der Waals surface area contributed by atoms with Gasteiger partial charge in [0, 0.05) is 16.8 Å². The molecule has 3 heteroatoms. The number of halogens is 2. The average molecular weight is 355 g/mol. The first kappa shape index (κ1) is 15.3. The molecule has 1 saturated carbocycles. The van der Waals surface area contributed by atoms with Crippen molar-refractivity contribution in [3.8, 4) is 5.75 Å². The number of benzene rings is 1. The van der Waals surface area contributed by atoms with Crippen molar-refractivity contribution in [2.75, 3.05) is 0 Å². The normalized spacial score (nSPS) is 32.0. The van der Waals surface area contributed by atoms with Crippen LogP contribution in [0.4, 0.5) is 4.39 Å². The maximum absolute atomic E-state index is 13.3. The summed E-state index contributed by atoms with van der Waals surface area (Å²) in [5.41, 5.74) is 1.03. The summed E-state index contributed by atoms with van der Waals surface area (Å²) in [4.78, 5) is 0.608. The van der Waals surface area contributed by atoms with E-state index in [2.05, 4.69) is 29.8 Å². The van der Waals surface area contributed by atoms with Gasteiger partial charge in [-0.2, -0.15) is 0 Å². The van der Waals surface area contributed by atoms with Crippen LogP contribution in [0.5, 0.6) is 5.75 Å². The summed E-state index contributed by atoms with van der Waals surface area (Å²) in [5.74, 6) is 3.00. The van der Waals surface area contributed by atoms with Gasteiger partial charge in [0.2, 0.25) is 0 Å². The molecule has 21 heavy (non-hydrogen) atoms. The van der Waals surface area contributed by atoms with Gasteiger partial charge >= 0.3 is 0 Å². The minimum atomic E-state index is -0.158. The van der Waals surface area contributed by atoms with Crippen molar-refractivity contribution >= 4 is 15.9 Å². The molecule has 4 unspecified atom stereocenters. The van der Waals surface area contributed by atoms with Crippen molar-refractivity contribution in [1.82, 2.24) is 0 Å². The first-order chi connectivity index (χ1) is 10.0. The molecule has 0 amide bonds. The van der Waals surface area contributed by atoms with Crippen molar-refractivity contribution in [2.24, 2.45) is 17.8 Å². The van der Waals surface area contributed by atoms with E-state index in [1.54, 1.807) is 12.1 Å². The van der Waals surface area contributed by atoms with E-state index in [1.807, 2.05) is 0 Å². The molecule has 1 nitrogen and oxygen atoms in total. The minimum absolute atomic E-state index is 0.158. The first-order valence-corrected chi connectivity index (χ1v) is 9.03. The molecule has 1 aliphatic carbocycles. The van der Waals surface area contributed by atoms with Crippen LogP contribution < -0.4 is 4.74 Å². The van der Waals surface area contributed by atoms with Gasteiger partial charge in [-0.1, -0.05) is 29.8 Å². The molecule has 116 valence electrons. The van der Waals surface area contributed by atoms with Crippen LogP contribution in [0, 0.1) is 23.6 Å². The van der Waals surface area contributed by atoms with Crippen LogP contribution in [0.1, 0.15) is 45.1 Å². The van der Waals surface area contributed by atoms with Crippen LogP contribution >= 0.6 is 15.9 Å². The first-order valence-electron chi connectivity index (χ1n) is 8.12. The van der Waals surface area contributed by atoms with Gasteiger partial charge in [0.25, 0.3) is 0 Å². The van der Waals surface area contributed by atoms with Crippen molar-refractivity contribution < 1.29 is 9.13 Å².